The average molecular weight is 325 g/mol. The summed E-state index contributed by atoms with van der Waals surface area (Å²) in [6, 6.07) is 7.15. The second-order valence-electron chi connectivity index (χ2n) is 4.24. The van der Waals surface area contributed by atoms with E-state index in [1.54, 1.807) is 0 Å². The van der Waals surface area contributed by atoms with Crippen LogP contribution in [0.5, 0.6) is 0 Å². The first-order valence-electron chi connectivity index (χ1n) is 5.64. The van der Waals surface area contributed by atoms with Gasteiger partial charge in [0.05, 0.1) is 11.1 Å². The summed E-state index contributed by atoms with van der Waals surface area (Å²) in [7, 11) is 0. The van der Waals surface area contributed by atoms with Gasteiger partial charge in [0.25, 0.3) is 0 Å². The Kier molecular flexibility index (Phi) is 3.93. The lowest BCUT2D eigenvalue weighted by atomic mass is 9.97. The quantitative estimate of drug-likeness (QED) is 0.561. The van der Waals surface area contributed by atoms with Gasteiger partial charge in [0.15, 0.2) is 0 Å². The van der Waals surface area contributed by atoms with Crippen LogP contribution in [-0.2, 0) is 12.4 Å². The van der Waals surface area contributed by atoms with Crippen LogP contribution in [0.3, 0.4) is 0 Å². The van der Waals surface area contributed by atoms with Crippen LogP contribution in [0.2, 0.25) is 5.02 Å². The number of hydrogen-bond donors (Lipinski definition) is 0. The predicted molar refractivity (Wildman–Crippen MR) is 66.9 cm³/mol. The van der Waals surface area contributed by atoms with E-state index in [1.807, 2.05) is 0 Å². The van der Waals surface area contributed by atoms with Gasteiger partial charge in [-0.25, -0.2) is 0 Å². The number of halogens is 7. The van der Waals surface area contributed by atoms with Crippen molar-refractivity contribution in [1.29, 1.82) is 0 Å². The maximum Gasteiger partial charge on any atom is 0.417 e. The molecule has 0 fully saturated rings. The second kappa shape index (κ2) is 5.26. The molecule has 112 valence electrons. The Morgan fingerprint density at radius 3 is 1.86 bits per heavy atom. The maximum absolute atomic E-state index is 13.0. The van der Waals surface area contributed by atoms with Gasteiger partial charge in [-0.05, 0) is 23.8 Å². The van der Waals surface area contributed by atoms with Crippen LogP contribution in [0.1, 0.15) is 11.1 Å². The van der Waals surface area contributed by atoms with E-state index in [2.05, 4.69) is 0 Å². The summed E-state index contributed by atoms with van der Waals surface area (Å²) < 4.78 is 76.8. The van der Waals surface area contributed by atoms with E-state index in [0.717, 1.165) is 6.07 Å². The summed E-state index contributed by atoms with van der Waals surface area (Å²) in [6.07, 6.45) is -9.77. The molecule has 2 aromatic rings. The van der Waals surface area contributed by atoms with Gasteiger partial charge in [0.1, 0.15) is 0 Å². The van der Waals surface area contributed by atoms with E-state index < -0.39 is 23.5 Å². The molecular formula is C14H7ClF6. The molecule has 2 rings (SSSR count). The van der Waals surface area contributed by atoms with Crippen LogP contribution in [0.15, 0.2) is 42.5 Å². The van der Waals surface area contributed by atoms with E-state index in [0.29, 0.717) is 6.07 Å². The highest BCUT2D eigenvalue weighted by Crippen LogP contribution is 2.42. The van der Waals surface area contributed by atoms with Crippen LogP contribution in [0.4, 0.5) is 26.3 Å². The smallest absolute Gasteiger partial charge is 0.166 e. The summed E-state index contributed by atoms with van der Waals surface area (Å²) >= 11 is 5.82. The molecule has 0 atom stereocenters. The van der Waals surface area contributed by atoms with Crippen molar-refractivity contribution in [3.8, 4) is 11.1 Å². The molecule has 0 bridgehead atoms. The molecule has 0 aliphatic heterocycles. The van der Waals surface area contributed by atoms with Gasteiger partial charge in [-0.2, -0.15) is 26.3 Å². The Hall–Kier alpha value is -1.69. The largest absolute Gasteiger partial charge is 0.417 e. The minimum atomic E-state index is -4.92. The van der Waals surface area contributed by atoms with Crippen LogP contribution < -0.4 is 0 Å². The van der Waals surface area contributed by atoms with E-state index >= 15 is 0 Å². The molecular weight excluding hydrogens is 318 g/mol. The van der Waals surface area contributed by atoms with E-state index in [9.17, 15) is 26.3 Å². The highest BCUT2D eigenvalue weighted by atomic mass is 35.5. The fraction of sp³-hybridized carbons (Fsp3) is 0.143. The van der Waals surface area contributed by atoms with Crippen molar-refractivity contribution in [2.45, 2.75) is 12.4 Å². The van der Waals surface area contributed by atoms with Crippen molar-refractivity contribution in [2.75, 3.05) is 0 Å². The third-order valence-corrected chi connectivity index (χ3v) is 3.15. The number of hydrogen-bond acceptors (Lipinski definition) is 0. The van der Waals surface area contributed by atoms with E-state index in [-0.39, 0.29) is 22.2 Å². The molecule has 0 heterocycles. The topological polar surface area (TPSA) is 0 Å². The lowest BCUT2D eigenvalue weighted by Gasteiger charge is -2.16. The number of benzene rings is 2. The van der Waals surface area contributed by atoms with Crippen molar-refractivity contribution in [3.05, 3.63) is 58.6 Å². The van der Waals surface area contributed by atoms with Crippen LogP contribution in [0, 0.1) is 0 Å². The molecule has 21 heavy (non-hydrogen) atoms. The van der Waals surface area contributed by atoms with Gasteiger partial charge in [-0.3, -0.25) is 0 Å². The van der Waals surface area contributed by atoms with E-state index in [4.69, 9.17) is 11.6 Å². The lowest BCUT2D eigenvalue weighted by Crippen LogP contribution is -2.12. The third-order valence-electron chi connectivity index (χ3n) is 2.82. The molecule has 0 nitrogen and oxygen atoms in total. The van der Waals surface area contributed by atoms with E-state index in [1.165, 1.54) is 24.3 Å². The Morgan fingerprint density at radius 1 is 0.714 bits per heavy atom. The normalized spacial score (nSPS) is 12.5. The summed E-state index contributed by atoms with van der Waals surface area (Å²) in [5.74, 6) is 0. The Bertz CT molecular complexity index is 657. The van der Waals surface area contributed by atoms with Crippen molar-refractivity contribution in [3.63, 3.8) is 0 Å². The minimum absolute atomic E-state index is 0.0280. The summed E-state index contributed by atoms with van der Waals surface area (Å²) in [5.41, 5.74) is -3.09. The van der Waals surface area contributed by atoms with Gasteiger partial charge < -0.3 is 0 Å². The SMILES string of the molecule is FC(F)(F)c1ccc(-c2ccccc2Cl)c(C(F)(F)F)c1. The second-order valence-corrected chi connectivity index (χ2v) is 4.64. The van der Waals surface area contributed by atoms with Crippen LogP contribution >= 0.6 is 11.6 Å². The number of alkyl halides is 6. The molecule has 0 aliphatic rings. The van der Waals surface area contributed by atoms with Crippen LogP contribution in [0.25, 0.3) is 11.1 Å². The van der Waals surface area contributed by atoms with Crippen molar-refractivity contribution in [1.82, 2.24) is 0 Å². The zero-order valence-electron chi connectivity index (χ0n) is 10.2. The monoisotopic (exact) mass is 324 g/mol. The molecule has 0 amide bonds. The van der Waals surface area contributed by atoms with Crippen molar-refractivity contribution >= 4 is 11.6 Å². The van der Waals surface area contributed by atoms with Gasteiger partial charge in [-0.15, -0.1) is 0 Å². The highest BCUT2D eigenvalue weighted by molar-refractivity contribution is 6.33. The number of rotatable bonds is 1. The molecule has 0 aromatic heterocycles. The molecule has 0 saturated heterocycles. The molecule has 0 saturated carbocycles. The van der Waals surface area contributed by atoms with Gasteiger partial charge in [-0.1, -0.05) is 35.9 Å². The van der Waals surface area contributed by atoms with Gasteiger partial charge in [0.2, 0.25) is 0 Å². The van der Waals surface area contributed by atoms with Crippen molar-refractivity contribution < 1.29 is 26.3 Å². The first-order valence-corrected chi connectivity index (χ1v) is 6.02. The third kappa shape index (κ3) is 3.32. The average Bonchev–Trinajstić information content (AvgIpc) is 2.36. The Labute approximate surface area is 121 Å². The molecule has 0 N–H and O–H groups in total. The molecule has 0 radical (unpaired) electrons. The summed E-state index contributed by atoms with van der Waals surface area (Å²) in [5, 5.41) is 0.0303. The zero-order chi connectivity index (χ0) is 15.8. The van der Waals surface area contributed by atoms with Crippen LogP contribution in [-0.4, -0.2) is 0 Å². The first-order chi connectivity index (χ1) is 9.60. The minimum Gasteiger partial charge on any atom is -0.166 e. The van der Waals surface area contributed by atoms with Gasteiger partial charge in [0, 0.05) is 10.6 Å². The van der Waals surface area contributed by atoms with Gasteiger partial charge >= 0.3 is 12.4 Å². The zero-order valence-corrected chi connectivity index (χ0v) is 10.9. The molecule has 0 aliphatic carbocycles. The Balaban J connectivity index is 2.70. The molecule has 2 aromatic carbocycles. The first kappa shape index (κ1) is 15.7. The highest BCUT2D eigenvalue weighted by Gasteiger charge is 2.38. The summed E-state index contributed by atoms with van der Waals surface area (Å²) in [4.78, 5) is 0. The molecule has 0 unspecified atom stereocenters. The molecule has 7 heteroatoms. The standard InChI is InChI=1S/C14H7ClF6/c15-12-4-2-1-3-10(12)9-6-5-8(13(16,17)18)7-11(9)14(19,20)21/h1-7H. The fourth-order valence-electron chi connectivity index (χ4n) is 1.87. The molecule has 0 spiro atoms. The fourth-order valence-corrected chi connectivity index (χ4v) is 2.11. The summed E-state index contributed by atoms with van der Waals surface area (Å²) in [6.45, 7) is 0. The Morgan fingerprint density at radius 2 is 1.33 bits per heavy atom. The predicted octanol–water partition coefficient (Wildman–Crippen LogP) is 6.04. The maximum atomic E-state index is 13.0. The lowest BCUT2D eigenvalue weighted by molar-refractivity contribution is -0.142. The van der Waals surface area contributed by atoms with Crippen molar-refractivity contribution in [2.24, 2.45) is 0 Å².